The van der Waals surface area contributed by atoms with Crippen LogP contribution in [0.5, 0.6) is 0 Å². The van der Waals surface area contributed by atoms with Crippen molar-refractivity contribution in [3.63, 3.8) is 0 Å². The average molecular weight is 373 g/mol. The number of anilines is 1. The lowest BCUT2D eigenvalue weighted by Crippen LogP contribution is -2.39. The van der Waals surface area contributed by atoms with Crippen LogP contribution in [0, 0.1) is 0 Å². The largest absolute Gasteiger partial charge is 0.323 e. The number of carbonyl (C=O) groups excluding carboxylic acids is 1. The van der Waals surface area contributed by atoms with Crippen LogP contribution in [-0.4, -0.2) is 22.5 Å². The molecule has 0 spiro atoms. The second-order valence-corrected chi connectivity index (χ2v) is 6.65. The maximum atomic E-state index is 12.2. The molecule has 2 heterocycles. The minimum Gasteiger partial charge on any atom is -0.320 e. The van der Waals surface area contributed by atoms with E-state index in [1.807, 2.05) is 17.5 Å². The van der Waals surface area contributed by atoms with Crippen LogP contribution in [0.4, 0.5) is 9.93 Å². The van der Waals surface area contributed by atoms with E-state index in [0.29, 0.717) is 18.2 Å². The van der Waals surface area contributed by atoms with Gasteiger partial charge in [0.25, 0.3) is 0 Å². The second-order valence-electron chi connectivity index (χ2n) is 4.46. The number of hydrogen-bond donors (Lipinski definition) is 1. The van der Waals surface area contributed by atoms with Crippen molar-refractivity contribution in [2.24, 2.45) is 0 Å². The summed E-state index contributed by atoms with van der Waals surface area (Å²) in [5.41, 5.74) is 2.32. The molecule has 0 radical (unpaired) electrons. The molecule has 20 heavy (non-hydrogen) atoms. The summed E-state index contributed by atoms with van der Waals surface area (Å²) in [6.07, 6.45) is 2.48. The summed E-state index contributed by atoms with van der Waals surface area (Å²) in [4.78, 5) is 18.0. The molecule has 7 heteroatoms. The van der Waals surface area contributed by atoms with Crippen LogP contribution >= 0.6 is 38.9 Å². The van der Waals surface area contributed by atoms with Crippen LogP contribution in [0.25, 0.3) is 0 Å². The van der Waals surface area contributed by atoms with Gasteiger partial charge in [0.05, 0.1) is 0 Å². The Labute approximate surface area is 133 Å². The molecule has 1 N–H and O–H groups in total. The fourth-order valence-corrected chi connectivity index (χ4v) is 3.73. The van der Waals surface area contributed by atoms with Crippen molar-refractivity contribution in [2.75, 3.05) is 11.9 Å². The van der Waals surface area contributed by atoms with Crippen LogP contribution < -0.4 is 5.32 Å². The molecular formula is C13H11BrClN3OS. The van der Waals surface area contributed by atoms with E-state index < -0.39 is 0 Å². The average Bonchev–Trinajstić information content (AvgIpc) is 2.91. The highest BCUT2D eigenvalue weighted by atomic mass is 79.9. The molecule has 1 aliphatic rings. The number of urea groups is 1. The molecular weight excluding hydrogens is 362 g/mol. The third-order valence-corrected chi connectivity index (χ3v) is 4.80. The molecule has 0 bridgehead atoms. The first-order valence-corrected chi connectivity index (χ1v) is 8.11. The Morgan fingerprint density at radius 2 is 2.35 bits per heavy atom. The lowest BCUT2D eigenvalue weighted by molar-refractivity contribution is 0.206. The van der Waals surface area contributed by atoms with Gasteiger partial charge in [-0.25, -0.2) is 9.78 Å². The van der Waals surface area contributed by atoms with Crippen molar-refractivity contribution in [3.05, 3.63) is 44.3 Å². The number of aromatic nitrogens is 1. The van der Waals surface area contributed by atoms with Crippen LogP contribution in [0.2, 0.25) is 5.02 Å². The minimum atomic E-state index is -0.118. The SMILES string of the molecule is O=C(Nc1nccs1)N1CCc2cc(Cl)cc(Br)c2C1. The molecule has 0 unspecified atom stereocenters. The van der Waals surface area contributed by atoms with Gasteiger partial charge in [-0.3, -0.25) is 5.32 Å². The smallest absolute Gasteiger partial charge is 0.320 e. The minimum absolute atomic E-state index is 0.118. The number of amides is 2. The molecule has 1 aromatic heterocycles. The molecule has 0 atom stereocenters. The standard InChI is InChI=1S/C13H11BrClN3OS/c14-11-6-9(15)5-8-1-3-18(7-10(8)11)13(19)17-12-16-2-4-20-12/h2,4-6H,1,3,7H2,(H,16,17,19). The summed E-state index contributed by atoms with van der Waals surface area (Å²) in [5, 5.41) is 5.98. The van der Waals surface area contributed by atoms with Gasteiger partial charge in [-0.05, 0) is 29.7 Å². The number of rotatable bonds is 1. The number of hydrogen-bond acceptors (Lipinski definition) is 3. The number of carbonyl (C=O) groups is 1. The van der Waals surface area contributed by atoms with Gasteiger partial charge in [0, 0.05) is 34.2 Å². The van der Waals surface area contributed by atoms with Crippen molar-refractivity contribution < 1.29 is 4.79 Å². The highest BCUT2D eigenvalue weighted by Gasteiger charge is 2.23. The van der Waals surface area contributed by atoms with E-state index in [-0.39, 0.29) is 6.03 Å². The molecule has 1 aromatic carbocycles. The Hall–Kier alpha value is -1.11. The maximum absolute atomic E-state index is 12.2. The van der Waals surface area contributed by atoms with Crippen molar-refractivity contribution in [1.82, 2.24) is 9.88 Å². The number of nitrogens with zero attached hydrogens (tertiary/aromatic N) is 2. The molecule has 3 rings (SSSR count). The summed E-state index contributed by atoms with van der Waals surface area (Å²) >= 11 is 11.0. The van der Waals surface area contributed by atoms with Crippen molar-refractivity contribution in [1.29, 1.82) is 0 Å². The van der Waals surface area contributed by atoms with Gasteiger partial charge >= 0.3 is 6.03 Å². The van der Waals surface area contributed by atoms with Crippen LogP contribution in [0.3, 0.4) is 0 Å². The van der Waals surface area contributed by atoms with Gasteiger partial charge in [0.1, 0.15) is 0 Å². The molecule has 2 amide bonds. The summed E-state index contributed by atoms with van der Waals surface area (Å²) in [6.45, 7) is 1.25. The van der Waals surface area contributed by atoms with Gasteiger partial charge in [-0.15, -0.1) is 11.3 Å². The highest BCUT2D eigenvalue weighted by molar-refractivity contribution is 9.10. The van der Waals surface area contributed by atoms with Crippen molar-refractivity contribution >= 4 is 50.0 Å². The van der Waals surface area contributed by atoms with E-state index in [2.05, 4.69) is 26.2 Å². The van der Waals surface area contributed by atoms with Crippen molar-refractivity contribution in [3.8, 4) is 0 Å². The first kappa shape index (κ1) is 13.9. The van der Waals surface area contributed by atoms with E-state index >= 15 is 0 Å². The third kappa shape index (κ3) is 2.82. The first-order valence-electron chi connectivity index (χ1n) is 6.05. The lowest BCUT2D eigenvalue weighted by Gasteiger charge is -2.29. The van der Waals surface area contributed by atoms with E-state index in [0.717, 1.165) is 21.5 Å². The summed E-state index contributed by atoms with van der Waals surface area (Å²) in [5.74, 6) is 0. The number of fused-ring (bicyclic) bond motifs is 1. The molecule has 0 saturated carbocycles. The number of benzene rings is 1. The molecule has 0 saturated heterocycles. The summed E-state index contributed by atoms with van der Waals surface area (Å²) in [7, 11) is 0. The third-order valence-electron chi connectivity index (χ3n) is 3.19. The Kier molecular flexibility index (Phi) is 3.96. The first-order chi connectivity index (χ1) is 9.63. The molecule has 0 aliphatic carbocycles. The zero-order chi connectivity index (χ0) is 14.1. The Morgan fingerprint density at radius 3 is 3.10 bits per heavy atom. The van der Waals surface area contributed by atoms with Crippen LogP contribution in [-0.2, 0) is 13.0 Å². The second kappa shape index (κ2) is 5.71. The fraction of sp³-hybridized carbons (Fsp3) is 0.231. The Balaban J connectivity index is 1.76. The number of nitrogens with one attached hydrogen (secondary N) is 1. The van der Waals surface area contributed by atoms with E-state index in [1.54, 1.807) is 11.1 Å². The quantitative estimate of drug-likeness (QED) is 0.817. The fourth-order valence-electron chi connectivity index (χ4n) is 2.21. The van der Waals surface area contributed by atoms with E-state index in [4.69, 9.17) is 11.6 Å². The number of halogens is 2. The predicted octanol–water partition coefficient (Wildman–Crippen LogP) is 4.15. The molecule has 0 fully saturated rings. The summed E-state index contributed by atoms with van der Waals surface area (Å²) in [6, 6.07) is 3.72. The molecule has 4 nitrogen and oxygen atoms in total. The van der Waals surface area contributed by atoms with Gasteiger partial charge in [-0.2, -0.15) is 0 Å². The number of thiazole rings is 1. The van der Waals surface area contributed by atoms with Gasteiger partial charge in [-0.1, -0.05) is 27.5 Å². The van der Waals surface area contributed by atoms with Crippen molar-refractivity contribution in [2.45, 2.75) is 13.0 Å². The van der Waals surface area contributed by atoms with Gasteiger partial charge in [0.15, 0.2) is 5.13 Å². The predicted molar refractivity (Wildman–Crippen MR) is 84.4 cm³/mol. The highest BCUT2D eigenvalue weighted by Crippen LogP contribution is 2.30. The molecule has 2 aromatic rings. The van der Waals surface area contributed by atoms with Crippen LogP contribution in [0.15, 0.2) is 28.2 Å². The molecule has 104 valence electrons. The van der Waals surface area contributed by atoms with Gasteiger partial charge < -0.3 is 4.90 Å². The van der Waals surface area contributed by atoms with Crippen LogP contribution in [0.1, 0.15) is 11.1 Å². The summed E-state index contributed by atoms with van der Waals surface area (Å²) < 4.78 is 0.951. The topological polar surface area (TPSA) is 45.2 Å². The zero-order valence-corrected chi connectivity index (χ0v) is 13.6. The van der Waals surface area contributed by atoms with E-state index in [1.165, 1.54) is 16.9 Å². The maximum Gasteiger partial charge on any atom is 0.323 e. The normalized spacial score (nSPS) is 14.0. The monoisotopic (exact) mass is 371 g/mol. The molecule has 1 aliphatic heterocycles. The van der Waals surface area contributed by atoms with Gasteiger partial charge in [0.2, 0.25) is 0 Å². The Bertz CT molecular complexity index is 647. The zero-order valence-electron chi connectivity index (χ0n) is 10.4. The Morgan fingerprint density at radius 1 is 1.50 bits per heavy atom. The lowest BCUT2D eigenvalue weighted by atomic mass is 10.0. The van der Waals surface area contributed by atoms with E-state index in [9.17, 15) is 4.79 Å².